The SMILES string of the molecule is CCCN(CC(=O)O)C(=O)C(C)Sc1ccc(Cl)cc1. The number of aliphatic carboxylic acids is 1. The summed E-state index contributed by atoms with van der Waals surface area (Å²) >= 11 is 7.21. The first kappa shape index (κ1) is 16.9. The summed E-state index contributed by atoms with van der Waals surface area (Å²) in [7, 11) is 0. The van der Waals surface area contributed by atoms with Gasteiger partial charge in [-0.15, -0.1) is 11.8 Å². The molecule has 0 spiro atoms. The van der Waals surface area contributed by atoms with Gasteiger partial charge in [0.25, 0.3) is 0 Å². The van der Waals surface area contributed by atoms with Gasteiger partial charge >= 0.3 is 5.97 Å². The molecule has 1 atom stereocenters. The lowest BCUT2D eigenvalue weighted by molar-refractivity contribution is -0.144. The molecule has 0 radical (unpaired) electrons. The van der Waals surface area contributed by atoms with Gasteiger partial charge in [0, 0.05) is 16.5 Å². The third-order valence-corrected chi connectivity index (χ3v) is 3.96. The largest absolute Gasteiger partial charge is 0.480 e. The molecular weight excluding hydrogens is 298 g/mol. The molecule has 1 aromatic rings. The van der Waals surface area contributed by atoms with Crippen LogP contribution in [0.2, 0.25) is 5.02 Å². The van der Waals surface area contributed by atoms with Crippen LogP contribution in [0.3, 0.4) is 0 Å². The third kappa shape index (κ3) is 5.43. The summed E-state index contributed by atoms with van der Waals surface area (Å²) in [6, 6.07) is 7.22. The Morgan fingerprint density at radius 2 is 1.95 bits per heavy atom. The standard InChI is InChI=1S/C14H18ClNO3S/c1-3-8-16(9-13(17)18)14(19)10(2)20-12-6-4-11(15)5-7-12/h4-7,10H,3,8-9H2,1-2H3,(H,17,18). The Kier molecular flexibility index (Phi) is 6.88. The number of halogens is 1. The fourth-order valence-corrected chi connectivity index (χ4v) is 2.80. The number of nitrogens with zero attached hydrogens (tertiary/aromatic N) is 1. The Morgan fingerprint density at radius 1 is 1.35 bits per heavy atom. The van der Waals surface area contributed by atoms with E-state index in [1.165, 1.54) is 16.7 Å². The van der Waals surface area contributed by atoms with Crippen molar-refractivity contribution in [3.63, 3.8) is 0 Å². The summed E-state index contributed by atoms with van der Waals surface area (Å²) in [6.45, 7) is 3.90. The van der Waals surface area contributed by atoms with Crippen molar-refractivity contribution < 1.29 is 14.7 Å². The van der Waals surface area contributed by atoms with Gasteiger partial charge in [-0.2, -0.15) is 0 Å². The van der Waals surface area contributed by atoms with Crippen molar-refractivity contribution in [1.82, 2.24) is 4.90 Å². The minimum absolute atomic E-state index is 0.158. The fourth-order valence-electron chi connectivity index (χ4n) is 1.73. The molecule has 0 saturated carbocycles. The van der Waals surface area contributed by atoms with E-state index in [0.29, 0.717) is 11.6 Å². The Bertz CT molecular complexity index is 464. The van der Waals surface area contributed by atoms with Crippen molar-refractivity contribution in [3.05, 3.63) is 29.3 Å². The molecule has 0 aliphatic carbocycles. The predicted molar refractivity (Wildman–Crippen MR) is 81.3 cm³/mol. The molecule has 0 fully saturated rings. The number of benzene rings is 1. The van der Waals surface area contributed by atoms with Gasteiger partial charge in [0.15, 0.2) is 0 Å². The first-order chi connectivity index (χ1) is 9.43. The van der Waals surface area contributed by atoms with Crippen LogP contribution in [0, 0.1) is 0 Å². The lowest BCUT2D eigenvalue weighted by Crippen LogP contribution is -2.40. The number of hydrogen-bond donors (Lipinski definition) is 1. The topological polar surface area (TPSA) is 57.6 Å². The van der Waals surface area contributed by atoms with E-state index >= 15 is 0 Å². The van der Waals surface area contributed by atoms with Crippen LogP contribution < -0.4 is 0 Å². The molecule has 4 nitrogen and oxygen atoms in total. The molecular formula is C14H18ClNO3S. The van der Waals surface area contributed by atoms with E-state index < -0.39 is 5.97 Å². The maximum absolute atomic E-state index is 12.3. The molecule has 6 heteroatoms. The van der Waals surface area contributed by atoms with Crippen LogP contribution in [0.4, 0.5) is 0 Å². The molecule has 1 rings (SSSR count). The van der Waals surface area contributed by atoms with Gasteiger partial charge in [-0.05, 0) is 37.6 Å². The molecule has 1 aromatic carbocycles. The number of hydrogen-bond acceptors (Lipinski definition) is 3. The third-order valence-electron chi connectivity index (χ3n) is 2.61. The molecule has 0 aromatic heterocycles. The highest BCUT2D eigenvalue weighted by Crippen LogP contribution is 2.25. The number of carbonyl (C=O) groups is 2. The van der Waals surface area contributed by atoms with Crippen LogP contribution >= 0.6 is 23.4 Å². The van der Waals surface area contributed by atoms with Gasteiger partial charge in [0.2, 0.25) is 5.91 Å². The van der Waals surface area contributed by atoms with E-state index in [4.69, 9.17) is 16.7 Å². The summed E-state index contributed by atoms with van der Waals surface area (Å²) in [5, 5.41) is 9.16. The van der Waals surface area contributed by atoms with Crippen molar-refractivity contribution in [3.8, 4) is 0 Å². The molecule has 110 valence electrons. The highest BCUT2D eigenvalue weighted by molar-refractivity contribution is 8.00. The van der Waals surface area contributed by atoms with Gasteiger partial charge in [-0.3, -0.25) is 9.59 Å². The van der Waals surface area contributed by atoms with Crippen molar-refractivity contribution in [2.24, 2.45) is 0 Å². The van der Waals surface area contributed by atoms with Crippen LogP contribution in [0.15, 0.2) is 29.2 Å². The summed E-state index contributed by atoms with van der Waals surface area (Å²) in [5.74, 6) is -1.15. The summed E-state index contributed by atoms with van der Waals surface area (Å²) in [4.78, 5) is 25.4. The van der Waals surface area contributed by atoms with E-state index in [1.807, 2.05) is 19.1 Å². The minimum atomic E-state index is -0.990. The second-order valence-electron chi connectivity index (χ2n) is 4.37. The van der Waals surface area contributed by atoms with Gasteiger partial charge in [-0.1, -0.05) is 18.5 Å². The number of carboxylic acids is 1. The van der Waals surface area contributed by atoms with E-state index in [9.17, 15) is 9.59 Å². The van der Waals surface area contributed by atoms with E-state index in [2.05, 4.69) is 0 Å². The van der Waals surface area contributed by atoms with E-state index in [-0.39, 0.29) is 17.7 Å². The zero-order valence-electron chi connectivity index (χ0n) is 11.5. The average molecular weight is 316 g/mol. The van der Waals surface area contributed by atoms with Crippen LogP contribution in [-0.4, -0.2) is 40.2 Å². The second kappa shape index (κ2) is 8.17. The van der Waals surface area contributed by atoms with Crippen LogP contribution in [0.25, 0.3) is 0 Å². The molecule has 0 saturated heterocycles. The highest BCUT2D eigenvalue weighted by atomic mass is 35.5. The van der Waals surface area contributed by atoms with E-state index in [1.54, 1.807) is 19.1 Å². The molecule has 0 aliphatic heterocycles. The summed E-state index contributed by atoms with van der Waals surface area (Å²) < 4.78 is 0. The zero-order chi connectivity index (χ0) is 15.1. The first-order valence-corrected chi connectivity index (χ1v) is 7.62. The average Bonchev–Trinajstić information content (AvgIpc) is 2.39. The second-order valence-corrected chi connectivity index (χ2v) is 6.22. The van der Waals surface area contributed by atoms with Crippen LogP contribution in [0.1, 0.15) is 20.3 Å². The smallest absolute Gasteiger partial charge is 0.323 e. The van der Waals surface area contributed by atoms with Crippen molar-refractivity contribution in [2.75, 3.05) is 13.1 Å². The maximum atomic E-state index is 12.3. The Balaban J connectivity index is 2.67. The Labute approximate surface area is 128 Å². The van der Waals surface area contributed by atoms with Gasteiger partial charge in [0.05, 0.1) is 5.25 Å². The minimum Gasteiger partial charge on any atom is -0.480 e. The van der Waals surface area contributed by atoms with Crippen molar-refractivity contribution >= 4 is 35.2 Å². The van der Waals surface area contributed by atoms with E-state index in [0.717, 1.165) is 11.3 Å². The molecule has 1 N–H and O–H groups in total. The Morgan fingerprint density at radius 3 is 2.45 bits per heavy atom. The van der Waals surface area contributed by atoms with Crippen molar-refractivity contribution in [2.45, 2.75) is 30.4 Å². The first-order valence-electron chi connectivity index (χ1n) is 6.36. The van der Waals surface area contributed by atoms with Gasteiger partial charge < -0.3 is 10.0 Å². The molecule has 1 amide bonds. The Hall–Kier alpha value is -1.20. The predicted octanol–water partition coefficient (Wildman–Crippen LogP) is 3.14. The highest BCUT2D eigenvalue weighted by Gasteiger charge is 2.22. The molecule has 20 heavy (non-hydrogen) atoms. The monoisotopic (exact) mass is 315 g/mol. The molecule has 1 unspecified atom stereocenters. The van der Waals surface area contributed by atoms with Crippen LogP contribution in [0.5, 0.6) is 0 Å². The summed E-state index contributed by atoms with van der Waals surface area (Å²) in [5.41, 5.74) is 0. The normalized spacial score (nSPS) is 11.9. The molecule has 0 aliphatic rings. The van der Waals surface area contributed by atoms with Crippen LogP contribution in [-0.2, 0) is 9.59 Å². The number of thioether (sulfide) groups is 1. The fraction of sp³-hybridized carbons (Fsp3) is 0.429. The lowest BCUT2D eigenvalue weighted by Gasteiger charge is -2.23. The molecule has 0 heterocycles. The van der Waals surface area contributed by atoms with Gasteiger partial charge in [0.1, 0.15) is 6.54 Å². The van der Waals surface area contributed by atoms with Gasteiger partial charge in [-0.25, -0.2) is 0 Å². The maximum Gasteiger partial charge on any atom is 0.323 e. The number of carbonyl (C=O) groups excluding carboxylic acids is 1. The number of amides is 1. The lowest BCUT2D eigenvalue weighted by atomic mass is 10.3. The molecule has 0 bridgehead atoms. The summed E-state index contributed by atoms with van der Waals surface area (Å²) in [6.07, 6.45) is 0.733. The number of rotatable bonds is 7. The zero-order valence-corrected chi connectivity index (χ0v) is 13.1. The number of carboxylic acid groups (broad SMARTS) is 1. The van der Waals surface area contributed by atoms with Crippen molar-refractivity contribution in [1.29, 1.82) is 0 Å². The quantitative estimate of drug-likeness (QED) is 0.785.